The van der Waals surface area contributed by atoms with E-state index < -0.39 is 0 Å². The molecule has 0 radical (unpaired) electrons. The maximum atomic E-state index is 6.21. The highest BCUT2D eigenvalue weighted by Gasteiger charge is 2.26. The van der Waals surface area contributed by atoms with Crippen LogP contribution in [0.5, 0.6) is 0 Å². The Labute approximate surface area is 137 Å². The number of thiophene rings is 1. The van der Waals surface area contributed by atoms with Crippen LogP contribution in [0.25, 0.3) is 21.3 Å². The van der Waals surface area contributed by atoms with Crippen LogP contribution in [-0.4, -0.2) is 23.3 Å². The van der Waals surface area contributed by atoms with Gasteiger partial charge in [-0.1, -0.05) is 24.3 Å². The van der Waals surface area contributed by atoms with Crippen LogP contribution in [0.3, 0.4) is 0 Å². The average molecular weight is 329 g/mol. The second kappa shape index (κ2) is 5.15. The molecule has 1 aromatic carbocycles. The topological polar surface area (TPSA) is 53.1 Å². The minimum Gasteiger partial charge on any atom is -0.383 e. The molecule has 2 aromatic heterocycles. The number of aromatic nitrogens is 2. The van der Waals surface area contributed by atoms with Crippen molar-refractivity contribution in [3.63, 3.8) is 0 Å². The van der Waals surface area contributed by atoms with Gasteiger partial charge >= 0.3 is 0 Å². The van der Waals surface area contributed by atoms with Crippen molar-refractivity contribution in [3.8, 4) is 11.1 Å². The number of nitrogen functional groups attached to an aromatic ring is 1. The van der Waals surface area contributed by atoms with Crippen LogP contribution >= 0.6 is 23.6 Å². The van der Waals surface area contributed by atoms with Crippen molar-refractivity contribution in [2.24, 2.45) is 0 Å². The molecular formula is C16H15N3OS2. The summed E-state index contributed by atoms with van der Waals surface area (Å²) in [5.41, 5.74) is 10.1. The molecule has 0 bridgehead atoms. The van der Waals surface area contributed by atoms with Gasteiger partial charge in [0.05, 0.1) is 12.0 Å². The molecule has 22 heavy (non-hydrogen) atoms. The van der Waals surface area contributed by atoms with Gasteiger partial charge in [-0.15, -0.1) is 11.3 Å². The lowest BCUT2D eigenvalue weighted by Crippen LogP contribution is -2.09. The molecule has 3 aromatic rings. The number of benzene rings is 1. The normalized spacial score (nSPS) is 12.6. The van der Waals surface area contributed by atoms with Gasteiger partial charge in [-0.05, 0) is 23.3 Å². The third-order valence-electron chi connectivity index (χ3n) is 4.07. The Bertz CT molecular complexity index is 942. The number of nitrogens with zero attached hydrogens (tertiary/aromatic N) is 2. The fraction of sp³-hybridized carbons (Fsp3) is 0.250. The number of rotatable bonds is 3. The Hall–Kier alpha value is -1.76. The number of fused-ring (bicyclic) bond motifs is 5. The lowest BCUT2D eigenvalue weighted by Gasteiger charge is -2.10. The van der Waals surface area contributed by atoms with Crippen molar-refractivity contribution >= 4 is 39.6 Å². The maximum absolute atomic E-state index is 6.21. The third kappa shape index (κ3) is 1.91. The first kappa shape index (κ1) is 13.9. The van der Waals surface area contributed by atoms with Gasteiger partial charge in [-0.25, -0.2) is 4.98 Å². The van der Waals surface area contributed by atoms with Crippen LogP contribution in [0.1, 0.15) is 10.4 Å². The summed E-state index contributed by atoms with van der Waals surface area (Å²) in [5.74, 6) is 0.530. The zero-order valence-corrected chi connectivity index (χ0v) is 13.8. The minimum absolute atomic E-state index is 0.523. The summed E-state index contributed by atoms with van der Waals surface area (Å²) in [6, 6.07) is 8.49. The molecule has 0 aliphatic heterocycles. The largest absolute Gasteiger partial charge is 0.383 e. The molecule has 1 aliphatic carbocycles. The number of hydrogen-bond acceptors (Lipinski definition) is 5. The molecule has 1 aliphatic rings. The molecular weight excluding hydrogens is 314 g/mol. The van der Waals surface area contributed by atoms with E-state index in [4.69, 9.17) is 22.7 Å². The third-order valence-corrected chi connectivity index (χ3v) is 5.59. The molecule has 112 valence electrons. The molecule has 0 unspecified atom stereocenters. The summed E-state index contributed by atoms with van der Waals surface area (Å²) in [7, 11) is 1.69. The molecule has 0 spiro atoms. The molecule has 4 rings (SSSR count). The van der Waals surface area contributed by atoms with Gasteiger partial charge in [0.1, 0.15) is 10.6 Å². The van der Waals surface area contributed by atoms with E-state index in [1.54, 1.807) is 18.4 Å². The van der Waals surface area contributed by atoms with Crippen LogP contribution in [0, 0.1) is 4.77 Å². The van der Waals surface area contributed by atoms with Gasteiger partial charge < -0.3 is 15.0 Å². The average Bonchev–Trinajstić information content (AvgIpc) is 3.02. The first-order valence-corrected chi connectivity index (χ1v) is 8.32. The van der Waals surface area contributed by atoms with E-state index in [-0.39, 0.29) is 0 Å². The van der Waals surface area contributed by atoms with Gasteiger partial charge in [0, 0.05) is 30.5 Å². The maximum Gasteiger partial charge on any atom is 0.202 e. The molecule has 0 fully saturated rings. The Morgan fingerprint density at radius 3 is 3.05 bits per heavy atom. The number of methoxy groups -OCH3 is 1. The molecule has 0 saturated heterocycles. The predicted octanol–water partition coefficient (Wildman–Crippen LogP) is 3.63. The summed E-state index contributed by atoms with van der Waals surface area (Å²) in [4.78, 5) is 6.83. The summed E-state index contributed by atoms with van der Waals surface area (Å²) < 4.78 is 7.75. The van der Waals surface area contributed by atoms with E-state index >= 15 is 0 Å². The summed E-state index contributed by atoms with van der Waals surface area (Å²) in [6.07, 6.45) is 0.960. The highest BCUT2D eigenvalue weighted by molar-refractivity contribution is 7.71. The number of nitrogens with two attached hydrogens (primary N) is 1. The van der Waals surface area contributed by atoms with Crippen LogP contribution in [0.15, 0.2) is 24.3 Å². The summed E-state index contributed by atoms with van der Waals surface area (Å²) in [6.45, 7) is 1.30. The number of anilines is 1. The fourth-order valence-corrected chi connectivity index (χ4v) is 4.79. The Morgan fingerprint density at radius 2 is 2.23 bits per heavy atom. The summed E-state index contributed by atoms with van der Waals surface area (Å²) >= 11 is 7.16. The van der Waals surface area contributed by atoms with Crippen LogP contribution in [0.2, 0.25) is 0 Å². The van der Waals surface area contributed by atoms with Crippen molar-refractivity contribution in [1.29, 1.82) is 0 Å². The van der Waals surface area contributed by atoms with E-state index in [1.807, 2.05) is 4.57 Å². The second-order valence-corrected chi connectivity index (χ2v) is 6.79. The minimum atomic E-state index is 0.523. The van der Waals surface area contributed by atoms with E-state index in [9.17, 15) is 0 Å². The van der Waals surface area contributed by atoms with E-state index in [2.05, 4.69) is 29.2 Å². The first-order valence-electron chi connectivity index (χ1n) is 7.09. The van der Waals surface area contributed by atoms with Gasteiger partial charge in [-0.2, -0.15) is 0 Å². The lowest BCUT2D eigenvalue weighted by atomic mass is 10.1. The van der Waals surface area contributed by atoms with Crippen LogP contribution in [0.4, 0.5) is 5.82 Å². The first-order chi connectivity index (χ1) is 10.7. The van der Waals surface area contributed by atoms with E-state index in [1.165, 1.54) is 21.6 Å². The Kier molecular flexibility index (Phi) is 3.25. The quantitative estimate of drug-likeness (QED) is 0.583. The molecule has 2 N–H and O–H groups in total. The zero-order chi connectivity index (χ0) is 15.3. The highest BCUT2D eigenvalue weighted by Crippen LogP contribution is 2.47. The van der Waals surface area contributed by atoms with Gasteiger partial charge in [-0.3, -0.25) is 0 Å². The number of ether oxygens (including phenoxy) is 1. The molecule has 0 saturated carbocycles. The van der Waals surface area contributed by atoms with E-state index in [0.717, 1.165) is 16.6 Å². The zero-order valence-electron chi connectivity index (χ0n) is 12.1. The highest BCUT2D eigenvalue weighted by atomic mass is 32.1. The molecule has 4 nitrogen and oxygen atoms in total. The van der Waals surface area contributed by atoms with Gasteiger partial charge in [0.25, 0.3) is 0 Å². The smallest absolute Gasteiger partial charge is 0.202 e. The summed E-state index contributed by atoms with van der Waals surface area (Å²) in [5, 5.41) is 1.04. The Balaban J connectivity index is 2.03. The van der Waals surface area contributed by atoms with Crippen molar-refractivity contribution in [1.82, 2.24) is 9.55 Å². The van der Waals surface area contributed by atoms with Crippen LogP contribution < -0.4 is 5.73 Å². The van der Waals surface area contributed by atoms with Crippen LogP contribution in [-0.2, 0) is 17.7 Å². The SMILES string of the molecule is COCCn1c(=S)nc(N)c2c3c(sc21)Cc1ccccc1-3. The van der Waals surface area contributed by atoms with Gasteiger partial charge in [0.2, 0.25) is 4.77 Å². The van der Waals surface area contributed by atoms with Crippen molar-refractivity contribution in [2.75, 3.05) is 19.5 Å². The standard InChI is InChI=1S/C16H15N3OS2/c1-20-7-6-19-15-13(14(17)18-16(19)21)12-10-5-3-2-4-9(10)8-11(12)22-15/h2-5H,6-8H2,1H3,(H2,17,18,21). The van der Waals surface area contributed by atoms with E-state index in [0.29, 0.717) is 23.7 Å². The predicted molar refractivity (Wildman–Crippen MR) is 93.0 cm³/mol. The fourth-order valence-electron chi connectivity index (χ4n) is 3.08. The second-order valence-electron chi connectivity index (χ2n) is 5.34. The Morgan fingerprint density at radius 1 is 1.41 bits per heavy atom. The molecule has 0 atom stereocenters. The monoisotopic (exact) mass is 329 g/mol. The van der Waals surface area contributed by atoms with Crippen molar-refractivity contribution in [3.05, 3.63) is 39.5 Å². The lowest BCUT2D eigenvalue weighted by molar-refractivity contribution is 0.188. The van der Waals surface area contributed by atoms with Crippen molar-refractivity contribution in [2.45, 2.75) is 13.0 Å². The molecule has 2 heterocycles. The molecule has 0 amide bonds. The van der Waals surface area contributed by atoms with Gasteiger partial charge in [0.15, 0.2) is 0 Å². The molecule has 6 heteroatoms. The number of hydrogen-bond donors (Lipinski definition) is 1. The van der Waals surface area contributed by atoms with Crippen molar-refractivity contribution < 1.29 is 4.74 Å².